The van der Waals surface area contributed by atoms with Gasteiger partial charge in [0.2, 0.25) is 0 Å². The minimum Gasteiger partial charge on any atom is -0.396 e. The molecule has 0 aromatic heterocycles. The number of hydrogen-bond donors (Lipinski definition) is 1. The van der Waals surface area contributed by atoms with Crippen LogP contribution in [0.25, 0.3) is 0 Å². The minimum atomic E-state index is 0.347. The van der Waals surface area contributed by atoms with Crippen LogP contribution in [-0.4, -0.2) is 11.7 Å². The molecule has 1 aromatic rings. The van der Waals surface area contributed by atoms with Crippen molar-refractivity contribution in [1.29, 1.82) is 0 Å². The van der Waals surface area contributed by atoms with Crippen LogP contribution in [0.1, 0.15) is 63.4 Å². The second-order valence-corrected chi connectivity index (χ2v) is 4.97. The highest BCUT2D eigenvalue weighted by molar-refractivity contribution is 5.33. The molecule has 0 fully saturated rings. The molecule has 0 aliphatic heterocycles. The van der Waals surface area contributed by atoms with E-state index in [2.05, 4.69) is 24.0 Å². The van der Waals surface area contributed by atoms with Crippen molar-refractivity contribution in [2.75, 3.05) is 6.61 Å². The van der Waals surface area contributed by atoms with Crippen LogP contribution < -0.4 is 0 Å². The van der Waals surface area contributed by atoms with Crippen LogP contribution in [0, 0.1) is 11.8 Å². The molecule has 0 spiro atoms. The first-order valence-electron chi connectivity index (χ1n) is 7.58. The lowest BCUT2D eigenvalue weighted by atomic mass is 10.1. The van der Waals surface area contributed by atoms with E-state index in [1.165, 1.54) is 44.9 Å². The van der Waals surface area contributed by atoms with Crippen LogP contribution in [0.2, 0.25) is 0 Å². The van der Waals surface area contributed by atoms with Gasteiger partial charge in [0.1, 0.15) is 0 Å². The smallest absolute Gasteiger partial charge is 0.0431 e. The van der Waals surface area contributed by atoms with Gasteiger partial charge >= 0.3 is 0 Å². The maximum Gasteiger partial charge on any atom is 0.0431 e. The third-order valence-corrected chi connectivity index (χ3v) is 3.22. The molecule has 1 nitrogen and oxygen atoms in total. The Labute approximate surface area is 118 Å². The molecule has 0 atom stereocenters. The summed E-state index contributed by atoms with van der Waals surface area (Å²) in [7, 11) is 0. The van der Waals surface area contributed by atoms with Gasteiger partial charge in [-0.25, -0.2) is 0 Å². The second-order valence-electron chi connectivity index (χ2n) is 4.97. The van der Waals surface area contributed by atoms with E-state index in [1.807, 2.05) is 18.2 Å². The summed E-state index contributed by atoms with van der Waals surface area (Å²) < 4.78 is 0. The lowest BCUT2D eigenvalue weighted by Crippen LogP contribution is -1.84. The number of aliphatic hydroxyl groups excluding tert-OH is 1. The molecule has 1 rings (SSSR count). The molecule has 104 valence electrons. The van der Waals surface area contributed by atoms with E-state index in [0.717, 1.165) is 18.4 Å². The van der Waals surface area contributed by atoms with Crippen LogP contribution in [0.3, 0.4) is 0 Å². The first-order valence-corrected chi connectivity index (χ1v) is 7.58. The van der Waals surface area contributed by atoms with Crippen molar-refractivity contribution in [1.82, 2.24) is 0 Å². The average Bonchev–Trinajstić information content (AvgIpc) is 2.46. The van der Waals surface area contributed by atoms with Crippen LogP contribution >= 0.6 is 0 Å². The van der Waals surface area contributed by atoms with Crippen LogP contribution in [0.15, 0.2) is 30.3 Å². The van der Waals surface area contributed by atoms with Gasteiger partial charge in [0.15, 0.2) is 0 Å². The number of hydrogen-bond acceptors (Lipinski definition) is 1. The van der Waals surface area contributed by atoms with Crippen LogP contribution in [0.5, 0.6) is 0 Å². The maximum atomic E-state index is 8.66. The summed E-state index contributed by atoms with van der Waals surface area (Å²) in [6, 6.07) is 10.2. The Morgan fingerprint density at radius 3 is 1.95 bits per heavy atom. The summed E-state index contributed by atoms with van der Waals surface area (Å²) in [6.45, 7) is 0.347. The summed E-state index contributed by atoms with van der Waals surface area (Å²) in [5.41, 5.74) is 1.12. The van der Waals surface area contributed by atoms with Gasteiger partial charge in [-0.05, 0) is 25.0 Å². The van der Waals surface area contributed by atoms with E-state index in [9.17, 15) is 0 Å². The van der Waals surface area contributed by atoms with E-state index < -0.39 is 0 Å². The summed E-state index contributed by atoms with van der Waals surface area (Å²) >= 11 is 0. The molecule has 0 amide bonds. The fraction of sp³-hybridized carbons (Fsp3) is 0.556. The number of unbranched alkanes of at least 4 members (excludes halogenated alkanes) is 8. The normalized spacial score (nSPS) is 9.95. The van der Waals surface area contributed by atoms with Gasteiger partial charge in [0, 0.05) is 18.6 Å². The van der Waals surface area contributed by atoms with Crippen molar-refractivity contribution in [3.8, 4) is 11.8 Å². The zero-order valence-corrected chi connectivity index (χ0v) is 11.9. The highest BCUT2D eigenvalue weighted by Crippen LogP contribution is 2.09. The number of aliphatic hydroxyl groups is 1. The Bertz CT molecular complexity index is 358. The fourth-order valence-corrected chi connectivity index (χ4v) is 2.07. The first-order chi connectivity index (χ1) is 9.43. The third kappa shape index (κ3) is 9.33. The molecule has 19 heavy (non-hydrogen) atoms. The Kier molecular flexibility index (Phi) is 9.82. The zero-order chi connectivity index (χ0) is 13.6. The zero-order valence-electron chi connectivity index (χ0n) is 11.9. The molecule has 1 heteroatoms. The number of benzene rings is 1. The molecular weight excluding hydrogens is 232 g/mol. The molecule has 0 saturated heterocycles. The predicted octanol–water partition coefficient (Wildman–Crippen LogP) is 4.54. The Balaban J connectivity index is 1.90. The van der Waals surface area contributed by atoms with Gasteiger partial charge < -0.3 is 5.11 Å². The minimum absolute atomic E-state index is 0.347. The monoisotopic (exact) mass is 258 g/mol. The third-order valence-electron chi connectivity index (χ3n) is 3.22. The summed E-state index contributed by atoms with van der Waals surface area (Å²) in [5, 5.41) is 8.66. The quantitative estimate of drug-likeness (QED) is 0.509. The largest absolute Gasteiger partial charge is 0.396 e. The Morgan fingerprint density at radius 1 is 0.737 bits per heavy atom. The van der Waals surface area contributed by atoms with Gasteiger partial charge in [-0.3, -0.25) is 0 Å². The summed E-state index contributed by atoms with van der Waals surface area (Å²) in [6.07, 6.45) is 10.9. The SMILES string of the molecule is OCCCCCCCCCCC#Cc1ccccc1. The lowest BCUT2D eigenvalue weighted by Gasteiger charge is -1.99. The van der Waals surface area contributed by atoms with Crippen molar-refractivity contribution in [2.24, 2.45) is 0 Å². The topological polar surface area (TPSA) is 20.2 Å². The van der Waals surface area contributed by atoms with Crippen LogP contribution in [-0.2, 0) is 0 Å². The molecule has 0 saturated carbocycles. The predicted molar refractivity (Wildman–Crippen MR) is 82.0 cm³/mol. The van der Waals surface area contributed by atoms with Crippen molar-refractivity contribution in [2.45, 2.75) is 57.8 Å². The maximum absolute atomic E-state index is 8.66. The first kappa shape index (κ1) is 15.8. The van der Waals surface area contributed by atoms with E-state index in [0.29, 0.717) is 6.61 Å². The number of rotatable bonds is 9. The summed E-state index contributed by atoms with van der Waals surface area (Å²) in [5.74, 6) is 6.44. The molecular formula is C18H26O. The van der Waals surface area contributed by atoms with Gasteiger partial charge in [-0.1, -0.05) is 68.6 Å². The van der Waals surface area contributed by atoms with Gasteiger partial charge in [-0.2, -0.15) is 0 Å². The average molecular weight is 258 g/mol. The van der Waals surface area contributed by atoms with E-state index >= 15 is 0 Å². The second kappa shape index (κ2) is 11.8. The van der Waals surface area contributed by atoms with Crippen molar-refractivity contribution < 1.29 is 5.11 Å². The molecule has 1 N–H and O–H groups in total. The fourth-order valence-electron chi connectivity index (χ4n) is 2.07. The molecule has 1 aromatic carbocycles. The van der Waals surface area contributed by atoms with Crippen molar-refractivity contribution in [3.05, 3.63) is 35.9 Å². The molecule has 0 radical (unpaired) electrons. The Hall–Kier alpha value is -1.26. The molecule has 0 unspecified atom stereocenters. The van der Waals surface area contributed by atoms with Gasteiger partial charge in [-0.15, -0.1) is 0 Å². The van der Waals surface area contributed by atoms with Crippen molar-refractivity contribution in [3.63, 3.8) is 0 Å². The standard InChI is InChI=1S/C18H26O/c19-17-13-8-6-4-2-1-3-5-7-10-14-18-15-11-9-12-16-18/h9,11-12,15-16,19H,1-8,13,17H2. The Morgan fingerprint density at radius 2 is 1.32 bits per heavy atom. The lowest BCUT2D eigenvalue weighted by molar-refractivity contribution is 0.282. The van der Waals surface area contributed by atoms with E-state index in [-0.39, 0.29) is 0 Å². The van der Waals surface area contributed by atoms with E-state index in [1.54, 1.807) is 0 Å². The summed E-state index contributed by atoms with van der Waals surface area (Å²) in [4.78, 5) is 0. The van der Waals surface area contributed by atoms with Gasteiger partial charge in [0.25, 0.3) is 0 Å². The molecule has 0 aliphatic carbocycles. The molecule has 0 heterocycles. The molecule has 0 bridgehead atoms. The van der Waals surface area contributed by atoms with E-state index in [4.69, 9.17) is 5.11 Å². The highest BCUT2D eigenvalue weighted by Gasteiger charge is 1.91. The molecule has 0 aliphatic rings. The van der Waals surface area contributed by atoms with Crippen molar-refractivity contribution >= 4 is 0 Å². The van der Waals surface area contributed by atoms with Gasteiger partial charge in [0.05, 0.1) is 0 Å². The van der Waals surface area contributed by atoms with Crippen LogP contribution in [0.4, 0.5) is 0 Å². The highest BCUT2D eigenvalue weighted by atomic mass is 16.2.